The first-order chi connectivity index (χ1) is 5.16. The Morgan fingerprint density at radius 1 is 1.17 bits per heavy atom. The van der Waals surface area contributed by atoms with Gasteiger partial charge in [0.15, 0.2) is 0 Å². The Kier molecular flexibility index (Phi) is 5.27. The van der Waals surface area contributed by atoms with Crippen LogP contribution in [0, 0.1) is 0 Å². The maximum absolute atomic E-state index is 9.11. The van der Waals surface area contributed by atoms with E-state index in [9.17, 15) is 0 Å². The Morgan fingerprint density at radius 2 is 1.75 bits per heavy atom. The smallest absolute Gasteiger partial charge is 0.111 e. The second-order valence-electron chi connectivity index (χ2n) is 2.60. The van der Waals surface area contributed by atoms with E-state index < -0.39 is 24.4 Å². The van der Waals surface area contributed by atoms with Gasteiger partial charge in [0, 0.05) is 17.1 Å². The molecule has 0 unspecified atom stereocenters. The van der Waals surface area contributed by atoms with Crippen LogP contribution in [0.3, 0.4) is 0 Å². The minimum absolute atomic E-state index is 0. The predicted octanol–water partition coefficient (Wildman–Crippen LogP) is -2.54. The fourth-order valence-electron chi connectivity index (χ4n) is 1.03. The molecule has 0 aromatic heterocycles. The predicted molar refractivity (Wildman–Crippen MR) is 34.8 cm³/mol. The zero-order valence-corrected chi connectivity index (χ0v) is 7.38. The summed E-state index contributed by atoms with van der Waals surface area (Å²) in [4.78, 5) is 0. The van der Waals surface area contributed by atoms with Crippen LogP contribution in [0.15, 0.2) is 0 Å². The minimum atomic E-state index is -1.22. The van der Waals surface area contributed by atoms with Crippen LogP contribution in [0.4, 0.5) is 0 Å². The summed E-state index contributed by atoms with van der Waals surface area (Å²) in [5, 5.41) is 35.7. The van der Waals surface area contributed by atoms with Crippen molar-refractivity contribution in [2.24, 2.45) is 0 Å². The van der Waals surface area contributed by atoms with Crippen LogP contribution in [0.2, 0.25) is 0 Å². The summed E-state index contributed by atoms with van der Waals surface area (Å²) in [5.41, 5.74) is 0. The van der Waals surface area contributed by atoms with Crippen LogP contribution in [-0.2, 0) is 21.8 Å². The second kappa shape index (κ2) is 5.14. The molecule has 0 amide bonds. The van der Waals surface area contributed by atoms with Gasteiger partial charge in [-0.25, -0.2) is 0 Å². The molecule has 1 heterocycles. The summed E-state index contributed by atoms with van der Waals surface area (Å²) >= 11 is 0. The minimum Gasteiger partial charge on any atom is -0.394 e. The van der Waals surface area contributed by atoms with Crippen LogP contribution >= 0.6 is 0 Å². The summed E-state index contributed by atoms with van der Waals surface area (Å²) in [5.74, 6) is 0. The second-order valence-corrected chi connectivity index (χ2v) is 2.60. The van der Waals surface area contributed by atoms with Crippen molar-refractivity contribution in [3.05, 3.63) is 0 Å². The van der Waals surface area contributed by atoms with Gasteiger partial charge in [-0.15, -0.1) is 0 Å². The maximum Gasteiger partial charge on any atom is 0.111 e. The molecule has 0 aliphatic carbocycles. The van der Waals surface area contributed by atoms with Gasteiger partial charge < -0.3 is 25.2 Å². The van der Waals surface area contributed by atoms with Gasteiger partial charge in [0.2, 0.25) is 0 Å². The fourth-order valence-corrected chi connectivity index (χ4v) is 1.03. The summed E-state index contributed by atoms with van der Waals surface area (Å²) in [6, 6.07) is 0. The molecular weight excluding hydrogens is 208 g/mol. The van der Waals surface area contributed by atoms with Crippen molar-refractivity contribution in [3.8, 4) is 0 Å². The van der Waals surface area contributed by atoms with E-state index in [0.717, 1.165) is 0 Å². The number of rotatable bonds is 1. The fraction of sp³-hybridized carbons (Fsp3) is 1.00. The third kappa shape index (κ3) is 2.40. The van der Waals surface area contributed by atoms with Gasteiger partial charge in [-0.2, -0.15) is 0 Å². The van der Waals surface area contributed by atoms with E-state index in [1.807, 2.05) is 0 Å². The zero-order chi connectivity index (χ0) is 8.43. The normalized spacial score (nSPS) is 42.0. The molecule has 0 bridgehead atoms. The average molecular weight is 220 g/mol. The van der Waals surface area contributed by atoms with Crippen molar-refractivity contribution < 1.29 is 42.2 Å². The quantitative estimate of drug-likeness (QED) is 0.365. The van der Waals surface area contributed by atoms with Crippen LogP contribution < -0.4 is 0 Å². The average Bonchev–Trinajstić information content (AvgIpc) is 2.01. The van der Waals surface area contributed by atoms with Crippen LogP contribution in [0.25, 0.3) is 0 Å². The molecule has 0 saturated carbocycles. The van der Waals surface area contributed by atoms with Gasteiger partial charge in [0.25, 0.3) is 0 Å². The largest absolute Gasteiger partial charge is 0.394 e. The molecule has 1 rings (SSSR count). The van der Waals surface area contributed by atoms with Gasteiger partial charge in [0.05, 0.1) is 13.2 Å². The number of hydrogen-bond donors (Lipinski definition) is 4. The first-order valence-electron chi connectivity index (χ1n) is 3.43. The Morgan fingerprint density at radius 3 is 2.25 bits per heavy atom. The van der Waals surface area contributed by atoms with Crippen LogP contribution in [-0.4, -0.2) is 58.1 Å². The van der Waals surface area contributed by atoms with E-state index in [1.54, 1.807) is 0 Å². The van der Waals surface area contributed by atoms with Crippen molar-refractivity contribution in [2.45, 2.75) is 24.4 Å². The molecule has 74 valence electrons. The Labute approximate surface area is 80.4 Å². The molecular formula is C6H12FeO5. The SMILES string of the molecule is OC[C@H]1OC[C@H](O)[C@@H](O)[C@@H]1O.[Fe]. The van der Waals surface area contributed by atoms with E-state index in [4.69, 9.17) is 25.2 Å². The van der Waals surface area contributed by atoms with Crippen LogP contribution in [0.1, 0.15) is 0 Å². The van der Waals surface area contributed by atoms with Gasteiger partial charge in [0.1, 0.15) is 24.4 Å². The molecule has 5 nitrogen and oxygen atoms in total. The van der Waals surface area contributed by atoms with Crippen molar-refractivity contribution in [1.82, 2.24) is 0 Å². The number of hydrogen-bond acceptors (Lipinski definition) is 5. The topological polar surface area (TPSA) is 90.2 Å². The summed E-state index contributed by atoms with van der Waals surface area (Å²) in [6.07, 6.45) is -4.27. The van der Waals surface area contributed by atoms with Gasteiger partial charge in [-0.1, -0.05) is 0 Å². The zero-order valence-electron chi connectivity index (χ0n) is 6.27. The maximum atomic E-state index is 9.11. The standard InChI is InChI=1S/C6H12O5.Fe/c7-1-4-6(10)5(9)3(8)2-11-4;/h3-10H,1-2H2;/t3-,4+,5+,6+;/m0./s1. The molecule has 6 heteroatoms. The monoisotopic (exact) mass is 220 g/mol. The number of ether oxygens (including phenoxy) is 1. The molecule has 4 N–H and O–H groups in total. The van der Waals surface area contributed by atoms with E-state index >= 15 is 0 Å². The Bertz CT molecular complexity index is 131. The van der Waals surface area contributed by atoms with E-state index in [1.165, 1.54) is 0 Å². The van der Waals surface area contributed by atoms with E-state index in [2.05, 4.69) is 0 Å². The van der Waals surface area contributed by atoms with Crippen molar-refractivity contribution in [1.29, 1.82) is 0 Å². The van der Waals surface area contributed by atoms with Crippen molar-refractivity contribution in [3.63, 3.8) is 0 Å². The van der Waals surface area contributed by atoms with Gasteiger partial charge in [-0.05, 0) is 0 Å². The van der Waals surface area contributed by atoms with Gasteiger partial charge >= 0.3 is 0 Å². The molecule has 12 heavy (non-hydrogen) atoms. The molecule has 0 spiro atoms. The van der Waals surface area contributed by atoms with E-state index in [0.29, 0.717) is 0 Å². The molecule has 1 aliphatic rings. The third-order valence-electron chi connectivity index (χ3n) is 1.79. The Balaban J connectivity index is 0.00000121. The van der Waals surface area contributed by atoms with Crippen LogP contribution in [0.5, 0.6) is 0 Å². The number of aliphatic hydroxyl groups is 4. The first kappa shape index (κ1) is 12.3. The van der Waals surface area contributed by atoms with E-state index in [-0.39, 0.29) is 30.3 Å². The Hall–Kier alpha value is 0.319. The van der Waals surface area contributed by atoms with Gasteiger partial charge in [-0.3, -0.25) is 0 Å². The summed E-state index contributed by atoms with van der Waals surface area (Å²) in [6.45, 7) is -0.408. The molecule has 1 fully saturated rings. The summed E-state index contributed by atoms with van der Waals surface area (Å²) < 4.78 is 4.81. The molecule has 0 radical (unpaired) electrons. The molecule has 0 aromatic rings. The first-order valence-corrected chi connectivity index (χ1v) is 3.43. The molecule has 1 saturated heterocycles. The van der Waals surface area contributed by atoms with Crippen molar-refractivity contribution in [2.75, 3.05) is 13.2 Å². The summed E-state index contributed by atoms with van der Waals surface area (Å²) in [7, 11) is 0. The molecule has 0 aromatic carbocycles. The number of aliphatic hydroxyl groups excluding tert-OH is 4. The molecule has 4 atom stereocenters. The molecule has 1 aliphatic heterocycles. The van der Waals surface area contributed by atoms with Crippen molar-refractivity contribution >= 4 is 0 Å². The third-order valence-corrected chi connectivity index (χ3v) is 1.79.